The maximum Gasteiger partial charge on any atom is 0.118 e. The summed E-state index contributed by atoms with van der Waals surface area (Å²) in [5, 5.41) is 0. The minimum Gasteiger partial charge on any atom is -0.497 e. The first-order valence-electron chi connectivity index (χ1n) is 3.93. The molecular formula is C9H15ClN2O. The van der Waals surface area contributed by atoms with Gasteiger partial charge in [0.15, 0.2) is 0 Å². The molecule has 0 aromatic heterocycles. The van der Waals surface area contributed by atoms with E-state index in [1.165, 1.54) is 5.56 Å². The first kappa shape index (κ1) is 12.2. The van der Waals surface area contributed by atoms with Crippen LogP contribution in [0, 0.1) is 0 Å². The van der Waals surface area contributed by atoms with Crippen molar-refractivity contribution >= 4 is 12.4 Å². The summed E-state index contributed by atoms with van der Waals surface area (Å²) in [6.07, 6.45) is 0.945. The third kappa shape index (κ3) is 4.12. The number of methoxy groups -OCH3 is 1. The number of hydrogen-bond donors (Lipinski definition) is 2. The standard InChI is InChI=1S/C9H14N2O.ClH/c1-12-9-4-2-8(3-5-9)6-7-11-10;/h2-5,11H,6-7,10H2,1H3;1H. The van der Waals surface area contributed by atoms with E-state index in [2.05, 4.69) is 5.43 Å². The number of nitrogens with two attached hydrogens (primary N) is 1. The van der Waals surface area contributed by atoms with Crippen molar-refractivity contribution in [3.8, 4) is 5.75 Å². The van der Waals surface area contributed by atoms with E-state index in [4.69, 9.17) is 10.6 Å². The summed E-state index contributed by atoms with van der Waals surface area (Å²) in [5.74, 6) is 6.05. The number of rotatable bonds is 4. The molecule has 0 heterocycles. The van der Waals surface area contributed by atoms with Crippen LogP contribution in [0.4, 0.5) is 0 Å². The fourth-order valence-electron chi connectivity index (χ4n) is 1.01. The van der Waals surface area contributed by atoms with Crippen LogP contribution >= 0.6 is 12.4 Å². The average molecular weight is 203 g/mol. The summed E-state index contributed by atoms with van der Waals surface area (Å²) in [7, 11) is 1.66. The number of ether oxygens (including phenoxy) is 1. The van der Waals surface area contributed by atoms with Gasteiger partial charge in [-0.2, -0.15) is 0 Å². The second-order valence-corrected chi connectivity index (χ2v) is 2.55. The van der Waals surface area contributed by atoms with Crippen LogP contribution in [-0.4, -0.2) is 13.7 Å². The highest BCUT2D eigenvalue weighted by molar-refractivity contribution is 5.85. The van der Waals surface area contributed by atoms with Crippen LogP contribution in [0.25, 0.3) is 0 Å². The molecule has 1 aromatic carbocycles. The molecule has 0 aliphatic carbocycles. The highest BCUT2D eigenvalue weighted by atomic mass is 35.5. The van der Waals surface area contributed by atoms with Gasteiger partial charge >= 0.3 is 0 Å². The van der Waals surface area contributed by atoms with Crippen molar-refractivity contribution < 1.29 is 4.74 Å². The summed E-state index contributed by atoms with van der Waals surface area (Å²) in [6, 6.07) is 7.98. The van der Waals surface area contributed by atoms with Crippen molar-refractivity contribution in [2.75, 3.05) is 13.7 Å². The predicted octanol–water partition coefficient (Wildman–Crippen LogP) is 1.12. The average Bonchev–Trinajstić information content (AvgIpc) is 2.15. The zero-order chi connectivity index (χ0) is 8.81. The van der Waals surface area contributed by atoms with Crippen LogP contribution in [0.3, 0.4) is 0 Å². The van der Waals surface area contributed by atoms with Crippen molar-refractivity contribution in [1.82, 2.24) is 5.43 Å². The first-order valence-corrected chi connectivity index (χ1v) is 3.93. The molecule has 0 radical (unpaired) electrons. The minimum atomic E-state index is 0. The Labute approximate surface area is 84.7 Å². The van der Waals surface area contributed by atoms with E-state index in [1.807, 2.05) is 24.3 Å². The number of benzene rings is 1. The Bertz CT molecular complexity index is 226. The molecule has 0 aliphatic rings. The van der Waals surface area contributed by atoms with Crippen LogP contribution < -0.4 is 16.0 Å². The normalized spacial score (nSPS) is 9.08. The van der Waals surface area contributed by atoms with Gasteiger partial charge in [-0.3, -0.25) is 11.3 Å². The van der Waals surface area contributed by atoms with Gasteiger partial charge in [-0.05, 0) is 24.1 Å². The molecule has 1 aromatic rings. The Morgan fingerprint density at radius 1 is 1.31 bits per heavy atom. The van der Waals surface area contributed by atoms with Gasteiger partial charge in [0.2, 0.25) is 0 Å². The van der Waals surface area contributed by atoms with Gasteiger partial charge in [-0.15, -0.1) is 12.4 Å². The van der Waals surface area contributed by atoms with E-state index < -0.39 is 0 Å². The Morgan fingerprint density at radius 3 is 2.38 bits per heavy atom. The van der Waals surface area contributed by atoms with E-state index in [-0.39, 0.29) is 12.4 Å². The Kier molecular flexibility index (Phi) is 6.32. The maximum atomic E-state index is 5.16. The fourth-order valence-corrected chi connectivity index (χ4v) is 1.01. The largest absolute Gasteiger partial charge is 0.497 e. The van der Waals surface area contributed by atoms with Crippen LogP contribution in [0.5, 0.6) is 5.75 Å². The molecule has 1 rings (SSSR count). The molecule has 74 valence electrons. The minimum absolute atomic E-state index is 0. The van der Waals surface area contributed by atoms with E-state index >= 15 is 0 Å². The van der Waals surface area contributed by atoms with Gasteiger partial charge in [-0.1, -0.05) is 12.1 Å². The second kappa shape index (κ2) is 6.71. The molecule has 0 unspecified atom stereocenters. The predicted molar refractivity (Wildman–Crippen MR) is 56.1 cm³/mol. The third-order valence-electron chi connectivity index (χ3n) is 1.72. The van der Waals surface area contributed by atoms with E-state index in [0.29, 0.717) is 0 Å². The zero-order valence-electron chi connectivity index (χ0n) is 7.62. The van der Waals surface area contributed by atoms with Gasteiger partial charge in [0.25, 0.3) is 0 Å². The lowest BCUT2D eigenvalue weighted by Gasteiger charge is -2.02. The summed E-state index contributed by atoms with van der Waals surface area (Å²) in [4.78, 5) is 0. The summed E-state index contributed by atoms with van der Waals surface area (Å²) >= 11 is 0. The Balaban J connectivity index is 0.00000144. The third-order valence-corrected chi connectivity index (χ3v) is 1.72. The quantitative estimate of drug-likeness (QED) is 0.568. The molecule has 0 saturated heterocycles. The lowest BCUT2D eigenvalue weighted by molar-refractivity contribution is 0.414. The van der Waals surface area contributed by atoms with E-state index in [0.717, 1.165) is 18.7 Å². The van der Waals surface area contributed by atoms with Gasteiger partial charge in [0.05, 0.1) is 7.11 Å². The first-order chi connectivity index (χ1) is 5.86. The van der Waals surface area contributed by atoms with Crippen molar-refractivity contribution in [3.63, 3.8) is 0 Å². The molecule has 0 amide bonds. The van der Waals surface area contributed by atoms with E-state index in [1.54, 1.807) is 7.11 Å². The van der Waals surface area contributed by atoms with Crippen molar-refractivity contribution in [2.45, 2.75) is 6.42 Å². The highest BCUT2D eigenvalue weighted by Crippen LogP contribution is 2.10. The molecule has 3 N–H and O–H groups in total. The van der Waals surface area contributed by atoms with Crippen LogP contribution in [-0.2, 0) is 6.42 Å². The highest BCUT2D eigenvalue weighted by Gasteiger charge is 1.92. The lowest BCUT2D eigenvalue weighted by atomic mass is 10.1. The van der Waals surface area contributed by atoms with Gasteiger partial charge in [0, 0.05) is 6.54 Å². The number of nitrogens with one attached hydrogen (secondary N) is 1. The molecular weight excluding hydrogens is 188 g/mol. The summed E-state index contributed by atoms with van der Waals surface area (Å²) in [6.45, 7) is 0.798. The van der Waals surface area contributed by atoms with Gasteiger partial charge in [-0.25, -0.2) is 0 Å². The SMILES string of the molecule is COc1ccc(CCNN)cc1.Cl. The topological polar surface area (TPSA) is 47.3 Å². The monoisotopic (exact) mass is 202 g/mol. The van der Waals surface area contributed by atoms with Gasteiger partial charge in [0.1, 0.15) is 5.75 Å². The van der Waals surface area contributed by atoms with Crippen LogP contribution in [0.1, 0.15) is 5.56 Å². The fraction of sp³-hybridized carbons (Fsp3) is 0.333. The second-order valence-electron chi connectivity index (χ2n) is 2.55. The summed E-state index contributed by atoms with van der Waals surface area (Å²) in [5.41, 5.74) is 3.87. The molecule has 0 bridgehead atoms. The summed E-state index contributed by atoms with van der Waals surface area (Å²) < 4.78 is 5.03. The number of hydrazine groups is 1. The lowest BCUT2D eigenvalue weighted by Crippen LogP contribution is -2.24. The zero-order valence-corrected chi connectivity index (χ0v) is 8.43. The van der Waals surface area contributed by atoms with Gasteiger partial charge < -0.3 is 4.74 Å². The molecule has 4 heteroatoms. The van der Waals surface area contributed by atoms with Crippen LogP contribution in [0.2, 0.25) is 0 Å². The smallest absolute Gasteiger partial charge is 0.118 e. The van der Waals surface area contributed by atoms with E-state index in [9.17, 15) is 0 Å². The van der Waals surface area contributed by atoms with Crippen molar-refractivity contribution in [3.05, 3.63) is 29.8 Å². The Morgan fingerprint density at radius 2 is 1.92 bits per heavy atom. The maximum absolute atomic E-state index is 5.16. The van der Waals surface area contributed by atoms with Crippen molar-refractivity contribution in [2.24, 2.45) is 5.84 Å². The molecule has 0 atom stereocenters. The number of halogens is 1. The molecule has 13 heavy (non-hydrogen) atoms. The number of hydrogen-bond acceptors (Lipinski definition) is 3. The molecule has 3 nitrogen and oxygen atoms in total. The Hall–Kier alpha value is -0.770. The molecule has 0 saturated carbocycles. The molecule has 0 spiro atoms. The molecule has 0 fully saturated rings. The molecule has 0 aliphatic heterocycles. The van der Waals surface area contributed by atoms with Crippen molar-refractivity contribution in [1.29, 1.82) is 0 Å². The van der Waals surface area contributed by atoms with Crippen LogP contribution in [0.15, 0.2) is 24.3 Å².